The van der Waals surface area contributed by atoms with Gasteiger partial charge in [-0.15, -0.1) is 0 Å². The molecular weight excluding hydrogens is 354 g/mol. The van der Waals surface area contributed by atoms with E-state index in [4.69, 9.17) is 4.74 Å². The molecule has 28 heavy (non-hydrogen) atoms. The molecule has 2 rings (SSSR count). The van der Waals surface area contributed by atoms with Crippen molar-refractivity contribution >= 4 is 23.6 Å². The molecule has 1 atom stereocenters. The van der Waals surface area contributed by atoms with Gasteiger partial charge in [-0.1, -0.05) is 32.0 Å². The van der Waals surface area contributed by atoms with E-state index in [9.17, 15) is 9.59 Å². The van der Waals surface area contributed by atoms with Crippen LogP contribution in [0.4, 0.5) is 5.69 Å². The number of nitrogens with one attached hydrogen (secondary N) is 1. The van der Waals surface area contributed by atoms with Crippen LogP contribution in [0.15, 0.2) is 24.3 Å². The zero-order valence-corrected chi connectivity index (χ0v) is 17.7. The number of hydrogen-bond acceptors (Lipinski definition) is 4. The summed E-state index contributed by atoms with van der Waals surface area (Å²) in [5, 5.41) is 7.21. The lowest BCUT2D eigenvalue weighted by atomic mass is 9.98. The fraction of sp³-hybridized carbons (Fsp3) is 0.409. The predicted molar refractivity (Wildman–Crippen MR) is 111 cm³/mol. The first-order valence-electron chi connectivity index (χ1n) is 9.41. The maximum absolute atomic E-state index is 12.5. The van der Waals surface area contributed by atoms with Crippen molar-refractivity contribution in [2.45, 2.75) is 53.6 Å². The number of aryl methyl sites for hydroxylation is 3. The van der Waals surface area contributed by atoms with Gasteiger partial charge < -0.3 is 10.1 Å². The Labute approximate surface area is 166 Å². The Balaban J connectivity index is 2.05. The molecule has 0 fully saturated rings. The third-order valence-electron chi connectivity index (χ3n) is 4.79. The van der Waals surface area contributed by atoms with Gasteiger partial charge in [0.25, 0.3) is 5.91 Å². The van der Waals surface area contributed by atoms with Crippen molar-refractivity contribution in [2.24, 2.45) is 7.05 Å². The smallest absolute Gasteiger partial charge is 0.331 e. The highest BCUT2D eigenvalue weighted by atomic mass is 16.5. The third-order valence-corrected chi connectivity index (χ3v) is 4.79. The van der Waals surface area contributed by atoms with Crippen LogP contribution in [0.3, 0.4) is 0 Å². The van der Waals surface area contributed by atoms with Gasteiger partial charge in [0.1, 0.15) is 0 Å². The summed E-state index contributed by atoms with van der Waals surface area (Å²) in [5.41, 5.74) is 5.46. The number of para-hydroxylation sites is 1. The second kappa shape index (κ2) is 8.87. The van der Waals surface area contributed by atoms with Crippen LogP contribution >= 0.6 is 0 Å². The number of aromatic nitrogens is 2. The number of benzene rings is 1. The van der Waals surface area contributed by atoms with E-state index in [1.807, 2.05) is 46.0 Å². The highest BCUT2D eigenvalue weighted by Gasteiger charge is 2.19. The van der Waals surface area contributed by atoms with Crippen LogP contribution in [-0.4, -0.2) is 27.8 Å². The molecule has 0 saturated carbocycles. The largest absolute Gasteiger partial charge is 0.449 e. The van der Waals surface area contributed by atoms with Crippen molar-refractivity contribution in [1.29, 1.82) is 0 Å². The molecule has 0 radical (unpaired) electrons. The molecule has 0 unspecified atom stereocenters. The van der Waals surface area contributed by atoms with E-state index >= 15 is 0 Å². The summed E-state index contributed by atoms with van der Waals surface area (Å²) >= 11 is 0. The van der Waals surface area contributed by atoms with Gasteiger partial charge in [-0.05, 0) is 50.8 Å². The van der Waals surface area contributed by atoms with Gasteiger partial charge in [0, 0.05) is 30.1 Å². The Bertz CT molecular complexity index is 910. The molecule has 0 saturated heterocycles. The molecular formula is C22H29N3O3. The molecule has 0 bridgehead atoms. The van der Waals surface area contributed by atoms with Crippen molar-refractivity contribution in [3.05, 3.63) is 52.4 Å². The van der Waals surface area contributed by atoms with E-state index in [-0.39, 0.29) is 11.8 Å². The molecule has 1 amide bonds. The molecule has 0 aliphatic heterocycles. The lowest BCUT2D eigenvalue weighted by molar-refractivity contribution is -0.148. The second-order valence-corrected chi connectivity index (χ2v) is 7.30. The quantitative estimate of drug-likeness (QED) is 0.603. The van der Waals surface area contributed by atoms with Crippen molar-refractivity contribution in [3.63, 3.8) is 0 Å². The number of rotatable bonds is 6. The number of carbonyl (C=O) groups is 2. The molecule has 0 spiro atoms. The normalized spacial score (nSPS) is 12.4. The Morgan fingerprint density at radius 3 is 2.43 bits per heavy atom. The molecule has 2 aromatic rings. The van der Waals surface area contributed by atoms with E-state index in [1.54, 1.807) is 17.7 Å². The number of ether oxygens (including phenoxy) is 1. The number of esters is 1. The van der Waals surface area contributed by atoms with Gasteiger partial charge in [-0.25, -0.2) is 4.79 Å². The molecule has 150 valence electrons. The fourth-order valence-electron chi connectivity index (χ4n) is 3.02. The Morgan fingerprint density at radius 2 is 1.86 bits per heavy atom. The van der Waals surface area contributed by atoms with Crippen molar-refractivity contribution in [1.82, 2.24) is 9.78 Å². The average Bonchev–Trinajstić information content (AvgIpc) is 2.86. The maximum atomic E-state index is 12.5. The number of anilines is 1. The van der Waals surface area contributed by atoms with Crippen molar-refractivity contribution < 1.29 is 14.3 Å². The van der Waals surface area contributed by atoms with E-state index in [1.165, 1.54) is 6.08 Å². The highest BCUT2D eigenvalue weighted by Crippen LogP contribution is 2.27. The Kier molecular flexibility index (Phi) is 6.78. The van der Waals surface area contributed by atoms with Gasteiger partial charge in [-0.2, -0.15) is 5.10 Å². The topological polar surface area (TPSA) is 73.2 Å². The summed E-state index contributed by atoms with van der Waals surface area (Å²) in [7, 11) is 1.85. The summed E-state index contributed by atoms with van der Waals surface area (Å²) < 4.78 is 7.02. The Morgan fingerprint density at radius 1 is 1.18 bits per heavy atom. The zero-order valence-electron chi connectivity index (χ0n) is 17.7. The molecule has 1 heterocycles. The molecule has 1 aromatic carbocycles. The fourth-order valence-corrected chi connectivity index (χ4v) is 3.02. The number of nitrogens with zero attached hydrogens (tertiary/aromatic N) is 2. The molecule has 0 aliphatic rings. The number of carbonyl (C=O) groups excluding carboxylic acids is 2. The zero-order chi connectivity index (χ0) is 21.0. The lowest BCUT2D eigenvalue weighted by Crippen LogP contribution is -2.30. The summed E-state index contributed by atoms with van der Waals surface area (Å²) in [6, 6.07) is 5.90. The van der Waals surface area contributed by atoms with Gasteiger partial charge >= 0.3 is 5.97 Å². The summed E-state index contributed by atoms with van der Waals surface area (Å²) in [6.07, 6.45) is 2.09. The van der Waals surface area contributed by atoms with Gasteiger partial charge in [0.05, 0.1) is 5.69 Å². The van der Waals surface area contributed by atoms with Gasteiger partial charge in [-0.3, -0.25) is 9.48 Å². The molecule has 1 N–H and O–H groups in total. The van der Waals surface area contributed by atoms with Gasteiger partial charge in [0.15, 0.2) is 6.10 Å². The summed E-state index contributed by atoms with van der Waals surface area (Å²) in [6.45, 7) is 11.5. The van der Waals surface area contributed by atoms with E-state index < -0.39 is 12.1 Å². The minimum Gasteiger partial charge on any atom is -0.449 e. The van der Waals surface area contributed by atoms with Crippen LogP contribution in [0.5, 0.6) is 0 Å². The first kappa shape index (κ1) is 21.4. The van der Waals surface area contributed by atoms with Crippen molar-refractivity contribution in [2.75, 3.05) is 5.32 Å². The number of amides is 1. The molecule has 6 nitrogen and oxygen atoms in total. The van der Waals surface area contributed by atoms with Crippen LogP contribution in [-0.2, 0) is 21.4 Å². The van der Waals surface area contributed by atoms with Crippen LogP contribution in [0.2, 0.25) is 0 Å². The number of hydrogen-bond donors (Lipinski definition) is 1. The SMILES string of the molecule is Cc1cccc(C(C)C)c1NC(=O)[C@@H](C)OC(=O)/C=C/c1c(C)nn(C)c1C. The van der Waals surface area contributed by atoms with Crippen LogP contribution < -0.4 is 5.32 Å². The second-order valence-electron chi connectivity index (χ2n) is 7.30. The monoisotopic (exact) mass is 383 g/mol. The highest BCUT2D eigenvalue weighted by molar-refractivity contribution is 5.97. The Hall–Kier alpha value is -2.89. The molecule has 1 aromatic heterocycles. The van der Waals surface area contributed by atoms with Gasteiger partial charge in [0.2, 0.25) is 0 Å². The van der Waals surface area contributed by atoms with E-state index in [0.717, 1.165) is 33.8 Å². The lowest BCUT2D eigenvalue weighted by Gasteiger charge is -2.18. The summed E-state index contributed by atoms with van der Waals surface area (Å²) in [4.78, 5) is 24.7. The maximum Gasteiger partial charge on any atom is 0.331 e. The van der Waals surface area contributed by atoms with Crippen molar-refractivity contribution in [3.8, 4) is 0 Å². The first-order valence-corrected chi connectivity index (χ1v) is 9.41. The third kappa shape index (κ3) is 4.88. The predicted octanol–water partition coefficient (Wildman–Crippen LogP) is 4.05. The minimum atomic E-state index is -0.909. The standard InChI is InChI=1S/C22H29N3O3/c1-13(2)18-10-8-9-14(3)21(18)23-22(27)17(6)28-20(26)12-11-19-15(4)24-25(7)16(19)5/h8-13,17H,1-7H3,(H,23,27)/b12-11+/t17-/m1/s1. The average molecular weight is 383 g/mol. The van der Waals surface area contributed by atoms with Crippen LogP contribution in [0, 0.1) is 20.8 Å². The molecule has 0 aliphatic carbocycles. The van der Waals surface area contributed by atoms with Crippen LogP contribution in [0.1, 0.15) is 54.8 Å². The first-order chi connectivity index (χ1) is 13.1. The van der Waals surface area contributed by atoms with E-state index in [0.29, 0.717) is 0 Å². The molecule has 6 heteroatoms. The summed E-state index contributed by atoms with van der Waals surface area (Å²) in [5.74, 6) is -0.659. The van der Waals surface area contributed by atoms with Crippen LogP contribution in [0.25, 0.3) is 6.08 Å². The van der Waals surface area contributed by atoms with E-state index in [2.05, 4.69) is 24.3 Å². The minimum absolute atomic E-state index is 0.266.